The van der Waals surface area contributed by atoms with E-state index in [9.17, 15) is 0 Å². The Balaban J connectivity index is 0.000000561. The summed E-state index contributed by atoms with van der Waals surface area (Å²) in [6, 6.07) is 5.96. The van der Waals surface area contributed by atoms with E-state index in [1.54, 1.807) is 11.8 Å². The van der Waals surface area contributed by atoms with Crippen molar-refractivity contribution in [1.29, 1.82) is 0 Å². The molecule has 1 aromatic rings. The summed E-state index contributed by atoms with van der Waals surface area (Å²) in [5, 5.41) is 0.854. The van der Waals surface area contributed by atoms with Gasteiger partial charge in [-0.2, -0.15) is 0 Å². The van der Waals surface area contributed by atoms with Crippen LogP contribution in [0.2, 0.25) is 5.02 Å². The monoisotopic (exact) mass is 202 g/mol. The molecular formula is C10H15ClS. The van der Waals surface area contributed by atoms with Gasteiger partial charge in [0, 0.05) is 9.92 Å². The van der Waals surface area contributed by atoms with Crippen molar-refractivity contribution >= 4 is 23.4 Å². The first-order valence-corrected chi connectivity index (χ1v) is 5.65. The van der Waals surface area contributed by atoms with Gasteiger partial charge in [0.2, 0.25) is 0 Å². The molecule has 0 spiro atoms. The number of rotatable bonds is 1. The van der Waals surface area contributed by atoms with Crippen LogP contribution >= 0.6 is 23.4 Å². The SMILES string of the molecule is CC.CSc1cccc(Cl)c1C. The molecule has 0 aliphatic rings. The summed E-state index contributed by atoms with van der Waals surface area (Å²) in [5.74, 6) is 0. The number of halogens is 1. The molecule has 0 bridgehead atoms. The lowest BCUT2D eigenvalue weighted by Gasteiger charge is -2.01. The zero-order chi connectivity index (χ0) is 9.56. The van der Waals surface area contributed by atoms with E-state index in [2.05, 4.69) is 12.3 Å². The first kappa shape index (κ1) is 11.9. The van der Waals surface area contributed by atoms with Crippen molar-refractivity contribution in [2.75, 3.05) is 6.26 Å². The number of benzene rings is 1. The Hall–Kier alpha value is -0.140. The maximum Gasteiger partial charge on any atom is 0.0446 e. The fraction of sp³-hybridized carbons (Fsp3) is 0.400. The van der Waals surface area contributed by atoms with Gasteiger partial charge >= 0.3 is 0 Å². The molecule has 0 nitrogen and oxygen atoms in total. The van der Waals surface area contributed by atoms with Crippen molar-refractivity contribution in [1.82, 2.24) is 0 Å². The molecule has 0 amide bonds. The van der Waals surface area contributed by atoms with Gasteiger partial charge in [0.15, 0.2) is 0 Å². The first-order chi connectivity index (χ1) is 5.75. The highest BCUT2D eigenvalue weighted by Gasteiger charge is 1.98. The number of hydrogen-bond donors (Lipinski definition) is 0. The molecule has 0 saturated heterocycles. The van der Waals surface area contributed by atoms with E-state index in [0.717, 1.165) is 5.02 Å². The topological polar surface area (TPSA) is 0 Å². The average molecular weight is 203 g/mol. The lowest BCUT2D eigenvalue weighted by atomic mass is 10.2. The molecule has 0 aliphatic carbocycles. The van der Waals surface area contributed by atoms with Crippen molar-refractivity contribution in [3.05, 3.63) is 28.8 Å². The minimum absolute atomic E-state index is 0.854. The lowest BCUT2D eigenvalue weighted by molar-refractivity contribution is 1.31. The third kappa shape index (κ3) is 3.08. The van der Waals surface area contributed by atoms with Crippen LogP contribution in [0.5, 0.6) is 0 Å². The van der Waals surface area contributed by atoms with Crippen molar-refractivity contribution in [3.8, 4) is 0 Å². The Morgan fingerprint density at radius 2 is 1.83 bits per heavy atom. The predicted octanol–water partition coefficient (Wildman–Crippen LogP) is 4.40. The Morgan fingerprint density at radius 1 is 1.25 bits per heavy atom. The summed E-state index contributed by atoms with van der Waals surface area (Å²) in [7, 11) is 0. The second-order valence-corrected chi connectivity index (χ2v) is 3.32. The van der Waals surface area contributed by atoms with E-state index in [0.29, 0.717) is 0 Å². The molecule has 0 unspecified atom stereocenters. The Labute approximate surface area is 84.3 Å². The third-order valence-electron chi connectivity index (χ3n) is 1.44. The van der Waals surface area contributed by atoms with Gasteiger partial charge in [0.1, 0.15) is 0 Å². The Bertz CT molecular complexity index is 233. The summed E-state index contributed by atoms with van der Waals surface area (Å²) in [4.78, 5) is 1.26. The van der Waals surface area contributed by atoms with Crippen LogP contribution in [0.25, 0.3) is 0 Å². The van der Waals surface area contributed by atoms with Crippen molar-refractivity contribution in [2.45, 2.75) is 25.7 Å². The van der Waals surface area contributed by atoms with Crippen LogP contribution in [0.4, 0.5) is 0 Å². The van der Waals surface area contributed by atoms with Crippen molar-refractivity contribution < 1.29 is 0 Å². The summed E-state index contributed by atoms with van der Waals surface area (Å²) >= 11 is 7.60. The van der Waals surface area contributed by atoms with E-state index in [1.165, 1.54) is 10.5 Å². The van der Waals surface area contributed by atoms with Gasteiger partial charge in [-0.1, -0.05) is 31.5 Å². The molecule has 0 aromatic heterocycles. The summed E-state index contributed by atoms with van der Waals surface area (Å²) in [6.07, 6.45) is 2.05. The minimum atomic E-state index is 0.854. The average Bonchev–Trinajstić information content (AvgIpc) is 2.13. The summed E-state index contributed by atoms with van der Waals surface area (Å²) < 4.78 is 0. The van der Waals surface area contributed by atoms with Gasteiger partial charge in [-0.25, -0.2) is 0 Å². The summed E-state index contributed by atoms with van der Waals surface area (Å²) in [6.45, 7) is 6.04. The maximum absolute atomic E-state index is 5.88. The summed E-state index contributed by atoms with van der Waals surface area (Å²) in [5.41, 5.74) is 1.18. The molecule has 68 valence electrons. The molecule has 1 rings (SSSR count). The van der Waals surface area contributed by atoms with E-state index in [1.807, 2.05) is 32.9 Å². The normalized spacial score (nSPS) is 8.75. The smallest absolute Gasteiger partial charge is 0.0446 e. The quantitative estimate of drug-likeness (QED) is 0.609. The van der Waals surface area contributed by atoms with Gasteiger partial charge in [0.05, 0.1) is 0 Å². The van der Waals surface area contributed by atoms with Gasteiger partial charge in [-0.15, -0.1) is 11.8 Å². The predicted molar refractivity (Wildman–Crippen MR) is 59.3 cm³/mol. The van der Waals surface area contributed by atoms with Gasteiger partial charge < -0.3 is 0 Å². The highest BCUT2D eigenvalue weighted by molar-refractivity contribution is 7.98. The maximum atomic E-state index is 5.88. The zero-order valence-corrected chi connectivity index (χ0v) is 9.59. The van der Waals surface area contributed by atoms with Crippen LogP contribution in [0.15, 0.2) is 23.1 Å². The molecule has 0 aliphatic heterocycles. The van der Waals surface area contributed by atoms with Crippen molar-refractivity contribution in [3.63, 3.8) is 0 Å². The van der Waals surface area contributed by atoms with Crippen LogP contribution in [-0.2, 0) is 0 Å². The van der Waals surface area contributed by atoms with Gasteiger partial charge in [-0.3, -0.25) is 0 Å². The number of thioether (sulfide) groups is 1. The molecule has 0 fully saturated rings. The molecule has 12 heavy (non-hydrogen) atoms. The highest BCUT2D eigenvalue weighted by atomic mass is 35.5. The van der Waals surface area contributed by atoms with E-state index >= 15 is 0 Å². The first-order valence-electron chi connectivity index (χ1n) is 4.05. The van der Waals surface area contributed by atoms with E-state index in [-0.39, 0.29) is 0 Å². The largest absolute Gasteiger partial charge is 0.129 e. The molecule has 0 N–H and O–H groups in total. The second-order valence-electron chi connectivity index (χ2n) is 2.07. The molecular weight excluding hydrogens is 188 g/mol. The van der Waals surface area contributed by atoms with Crippen LogP contribution in [0, 0.1) is 6.92 Å². The Kier molecular flexibility index (Phi) is 6.31. The standard InChI is InChI=1S/C8H9ClS.C2H6/c1-6-7(9)4-3-5-8(6)10-2;1-2/h3-5H,1-2H3;1-2H3. The molecule has 0 heterocycles. The third-order valence-corrected chi connectivity index (χ3v) is 2.73. The van der Waals surface area contributed by atoms with Gasteiger partial charge in [0.25, 0.3) is 0 Å². The molecule has 0 saturated carbocycles. The fourth-order valence-electron chi connectivity index (χ4n) is 0.809. The molecule has 2 heteroatoms. The number of hydrogen-bond acceptors (Lipinski definition) is 1. The Morgan fingerprint density at radius 3 is 2.25 bits per heavy atom. The molecule has 1 aromatic carbocycles. The van der Waals surface area contributed by atoms with E-state index in [4.69, 9.17) is 11.6 Å². The van der Waals surface area contributed by atoms with Crippen molar-refractivity contribution in [2.24, 2.45) is 0 Å². The van der Waals surface area contributed by atoms with E-state index < -0.39 is 0 Å². The zero-order valence-electron chi connectivity index (χ0n) is 8.02. The van der Waals surface area contributed by atoms with Crippen LogP contribution in [0.1, 0.15) is 19.4 Å². The van der Waals surface area contributed by atoms with Crippen LogP contribution in [-0.4, -0.2) is 6.26 Å². The van der Waals surface area contributed by atoms with Crippen LogP contribution < -0.4 is 0 Å². The highest BCUT2D eigenvalue weighted by Crippen LogP contribution is 2.25. The minimum Gasteiger partial charge on any atom is -0.129 e. The molecule has 0 radical (unpaired) electrons. The molecule has 0 atom stereocenters. The fourth-order valence-corrected chi connectivity index (χ4v) is 1.67. The van der Waals surface area contributed by atoms with Gasteiger partial charge in [-0.05, 0) is 30.9 Å². The van der Waals surface area contributed by atoms with Crippen LogP contribution in [0.3, 0.4) is 0 Å². The lowest BCUT2D eigenvalue weighted by Crippen LogP contribution is -1.78. The second kappa shape index (κ2) is 6.38.